The summed E-state index contributed by atoms with van der Waals surface area (Å²) in [5, 5.41) is 4.99. The van der Waals surface area contributed by atoms with Crippen LogP contribution in [0.3, 0.4) is 0 Å². The Hall–Kier alpha value is -1.92. The molecule has 1 aliphatic heterocycles. The van der Waals surface area contributed by atoms with E-state index in [0.717, 1.165) is 38.3 Å². The molecule has 1 aromatic heterocycles. The van der Waals surface area contributed by atoms with Gasteiger partial charge in [0.1, 0.15) is 5.82 Å². The number of benzene rings is 1. The van der Waals surface area contributed by atoms with E-state index in [2.05, 4.69) is 27.7 Å². The molecular formula is C17H20FN3OS. The number of hydrogen-bond acceptors (Lipinski definition) is 3. The van der Waals surface area contributed by atoms with Crippen LogP contribution in [0, 0.1) is 5.82 Å². The lowest BCUT2D eigenvalue weighted by atomic mass is 10.2. The van der Waals surface area contributed by atoms with Crippen molar-refractivity contribution >= 4 is 17.4 Å². The first-order valence-corrected chi connectivity index (χ1v) is 8.60. The SMILES string of the molecule is O=C(NCc1ccc(F)cc1)N1CCN(Cc2cccs2)CC1. The van der Waals surface area contributed by atoms with E-state index in [4.69, 9.17) is 0 Å². The topological polar surface area (TPSA) is 35.6 Å². The lowest BCUT2D eigenvalue weighted by Gasteiger charge is -2.34. The minimum absolute atomic E-state index is 0.0508. The van der Waals surface area contributed by atoms with E-state index in [0.29, 0.717) is 6.54 Å². The first-order valence-electron chi connectivity index (χ1n) is 7.73. The van der Waals surface area contributed by atoms with E-state index in [1.165, 1.54) is 17.0 Å². The van der Waals surface area contributed by atoms with Gasteiger partial charge < -0.3 is 10.2 Å². The number of nitrogens with zero attached hydrogens (tertiary/aromatic N) is 2. The molecule has 1 saturated heterocycles. The monoisotopic (exact) mass is 333 g/mol. The maximum absolute atomic E-state index is 12.8. The summed E-state index contributed by atoms with van der Waals surface area (Å²) in [7, 11) is 0. The van der Waals surface area contributed by atoms with Gasteiger partial charge in [0.25, 0.3) is 0 Å². The number of hydrogen-bond donors (Lipinski definition) is 1. The van der Waals surface area contributed by atoms with Crippen molar-refractivity contribution < 1.29 is 9.18 Å². The zero-order chi connectivity index (χ0) is 16.1. The fourth-order valence-corrected chi connectivity index (χ4v) is 3.37. The highest BCUT2D eigenvalue weighted by molar-refractivity contribution is 7.09. The third-order valence-electron chi connectivity index (χ3n) is 3.98. The zero-order valence-electron chi connectivity index (χ0n) is 12.9. The summed E-state index contributed by atoms with van der Waals surface area (Å²) in [6, 6.07) is 10.4. The number of amides is 2. The van der Waals surface area contributed by atoms with Crippen molar-refractivity contribution in [2.75, 3.05) is 26.2 Å². The maximum atomic E-state index is 12.8. The van der Waals surface area contributed by atoms with Crippen LogP contribution in [-0.2, 0) is 13.1 Å². The van der Waals surface area contributed by atoms with Crippen LogP contribution in [0.4, 0.5) is 9.18 Å². The number of urea groups is 1. The van der Waals surface area contributed by atoms with Crippen LogP contribution in [-0.4, -0.2) is 42.0 Å². The Labute approximate surface area is 139 Å². The summed E-state index contributed by atoms with van der Waals surface area (Å²) in [4.78, 5) is 17.8. The zero-order valence-corrected chi connectivity index (χ0v) is 13.7. The van der Waals surface area contributed by atoms with Gasteiger partial charge in [-0.05, 0) is 29.1 Å². The van der Waals surface area contributed by atoms with Crippen molar-refractivity contribution in [3.8, 4) is 0 Å². The Morgan fingerprint density at radius 1 is 1.13 bits per heavy atom. The molecule has 6 heteroatoms. The molecule has 0 spiro atoms. The molecule has 0 unspecified atom stereocenters. The van der Waals surface area contributed by atoms with Gasteiger partial charge in [-0.15, -0.1) is 11.3 Å². The molecule has 1 aromatic carbocycles. The van der Waals surface area contributed by atoms with Gasteiger partial charge in [-0.2, -0.15) is 0 Å². The molecule has 0 radical (unpaired) electrons. The van der Waals surface area contributed by atoms with Gasteiger partial charge in [0.2, 0.25) is 0 Å². The summed E-state index contributed by atoms with van der Waals surface area (Å²) >= 11 is 1.77. The predicted molar refractivity (Wildman–Crippen MR) is 89.8 cm³/mol. The van der Waals surface area contributed by atoms with Crippen LogP contribution in [0.2, 0.25) is 0 Å². The van der Waals surface area contributed by atoms with Crippen molar-refractivity contribution in [3.63, 3.8) is 0 Å². The number of carbonyl (C=O) groups is 1. The van der Waals surface area contributed by atoms with Gasteiger partial charge in [0.05, 0.1) is 0 Å². The smallest absolute Gasteiger partial charge is 0.317 e. The van der Waals surface area contributed by atoms with Crippen LogP contribution in [0.5, 0.6) is 0 Å². The second-order valence-electron chi connectivity index (χ2n) is 5.63. The predicted octanol–water partition coefficient (Wildman–Crippen LogP) is 2.91. The number of carbonyl (C=O) groups excluding carboxylic acids is 1. The molecule has 3 rings (SSSR count). The van der Waals surface area contributed by atoms with E-state index in [1.54, 1.807) is 23.5 Å². The fraction of sp³-hybridized carbons (Fsp3) is 0.353. The van der Waals surface area contributed by atoms with E-state index in [1.807, 2.05) is 4.90 Å². The first kappa shape index (κ1) is 16.0. The van der Waals surface area contributed by atoms with Gasteiger partial charge in [0, 0.05) is 44.1 Å². The van der Waals surface area contributed by atoms with Gasteiger partial charge in [-0.25, -0.2) is 9.18 Å². The second-order valence-corrected chi connectivity index (χ2v) is 6.66. The van der Waals surface area contributed by atoms with E-state index >= 15 is 0 Å². The minimum atomic E-state index is -0.262. The number of rotatable bonds is 4. The highest BCUT2D eigenvalue weighted by Gasteiger charge is 2.20. The molecule has 1 N–H and O–H groups in total. The van der Waals surface area contributed by atoms with E-state index < -0.39 is 0 Å². The summed E-state index contributed by atoms with van der Waals surface area (Å²) in [5.74, 6) is -0.262. The van der Waals surface area contributed by atoms with Gasteiger partial charge in [0.15, 0.2) is 0 Å². The average molecular weight is 333 g/mol. The van der Waals surface area contributed by atoms with E-state index in [9.17, 15) is 9.18 Å². The number of halogens is 1. The lowest BCUT2D eigenvalue weighted by Crippen LogP contribution is -2.51. The van der Waals surface area contributed by atoms with Crippen LogP contribution in [0.15, 0.2) is 41.8 Å². The van der Waals surface area contributed by atoms with Crippen LogP contribution >= 0.6 is 11.3 Å². The third-order valence-corrected chi connectivity index (χ3v) is 4.84. The standard InChI is InChI=1S/C17H20FN3OS/c18-15-5-3-14(4-6-15)12-19-17(22)21-9-7-20(8-10-21)13-16-2-1-11-23-16/h1-6,11H,7-10,12-13H2,(H,19,22). The Kier molecular flexibility index (Phi) is 5.25. The minimum Gasteiger partial charge on any atom is -0.334 e. The molecule has 122 valence electrons. The molecule has 0 aliphatic carbocycles. The fourth-order valence-electron chi connectivity index (χ4n) is 2.62. The third kappa shape index (κ3) is 4.53. The van der Waals surface area contributed by atoms with Crippen molar-refractivity contribution in [2.45, 2.75) is 13.1 Å². The molecule has 0 bridgehead atoms. The number of piperazine rings is 1. The number of thiophene rings is 1. The molecular weight excluding hydrogens is 313 g/mol. The van der Waals surface area contributed by atoms with E-state index in [-0.39, 0.29) is 11.8 Å². The molecule has 2 heterocycles. The molecule has 1 fully saturated rings. The molecule has 2 aromatic rings. The first-order chi connectivity index (χ1) is 11.2. The quantitative estimate of drug-likeness (QED) is 0.934. The van der Waals surface area contributed by atoms with Crippen molar-refractivity contribution in [2.24, 2.45) is 0 Å². The molecule has 0 atom stereocenters. The van der Waals surface area contributed by atoms with Crippen molar-refractivity contribution in [1.29, 1.82) is 0 Å². The Bertz CT molecular complexity index is 622. The van der Waals surface area contributed by atoms with Crippen LogP contribution < -0.4 is 5.32 Å². The Morgan fingerprint density at radius 2 is 1.87 bits per heavy atom. The average Bonchev–Trinajstić information content (AvgIpc) is 3.08. The summed E-state index contributed by atoms with van der Waals surface area (Å²) in [6.07, 6.45) is 0. The largest absolute Gasteiger partial charge is 0.334 e. The lowest BCUT2D eigenvalue weighted by molar-refractivity contribution is 0.135. The highest BCUT2D eigenvalue weighted by atomic mass is 32.1. The molecule has 4 nitrogen and oxygen atoms in total. The molecule has 0 saturated carbocycles. The van der Waals surface area contributed by atoms with Gasteiger partial charge in [-0.3, -0.25) is 4.90 Å². The maximum Gasteiger partial charge on any atom is 0.317 e. The second kappa shape index (κ2) is 7.57. The molecule has 1 aliphatic rings. The van der Waals surface area contributed by atoms with Crippen molar-refractivity contribution in [3.05, 3.63) is 58.0 Å². The normalized spacial score (nSPS) is 15.6. The van der Waals surface area contributed by atoms with Crippen molar-refractivity contribution in [1.82, 2.24) is 15.1 Å². The van der Waals surface area contributed by atoms with Crippen LogP contribution in [0.1, 0.15) is 10.4 Å². The molecule has 23 heavy (non-hydrogen) atoms. The molecule has 2 amide bonds. The van der Waals surface area contributed by atoms with Gasteiger partial charge >= 0.3 is 6.03 Å². The van der Waals surface area contributed by atoms with Crippen LogP contribution in [0.25, 0.3) is 0 Å². The number of nitrogens with one attached hydrogen (secondary N) is 1. The Morgan fingerprint density at radius 3 is 2.52 bits per heavy atom. The Balaban J connectivity index is 1.42. The summed E-state index contributed by atoms with van der Waals surface area (Å²) in [6.45, 7) is 4.64. The summed E-state index contributed by atoms with van der Waals surface area (Å²) in [5.41, 5.74) is 0.899. The highest BCUT2D eigenvalue weighted by Crippen LogP contribution is 2.13. The van der Waals surface area contributed by atoms with Gasteiger partial charge in [-0.1, -0.05) is 18.2 Å². The summed E-state index contributed by atoms with van der Waals surface area (Å²) < 4.78 is 12.8.